The summed E-state index contributed by atoms with van der Waals surface area (Å²) in [5, 5.41) is 2.79. The van der Waals surface area contributed by atoms with E-state index in [0.29, 0.717) is 32.4 Å². The summed E-state index contributed by atoms with van der Waals surface area (Å²) in [6.07, 6.45) is 2.50. The molecule has 0 unspecified atom stereocenters. The van der Waals surface area contributed by atoms with E-state index in [4.69, 9.17) is 4.74 Å². The quantitative estimate of drug-likeness (QED) is 0.371. The summed E-state index contributed by atoms with van der Waals surface area (Å²) in [7, 11) is 2.74. The molecule has 0 radical (unpaired) electrons. The van der Waals surface area contributed by atoms with Gasteiger partial charge in [-0.2, -0.15) is 0 Å². The van der Waals surface area contributed by atoms with Gasteiger partial charge in [-0.25, -0.2) is 4.79 Å². The molecule has 0 saturated heterocycles. The third-order valence-electron chi connectivity index (χ3n) is 2.50. The largest absolute Gasteiger partial charge is 0.515 e. The summed E-state index contributed by atoms with van der Waals surface area (Å²) in [5.41, 5.74) is 0. The predicted molar refractivity (Wildman–Crippen MR) is 71.1 cm³/mol. The van der Waals surface area contributed by atoms with Crippen LogP contribution in [0.1, 0.15) is 38.5 Å². The molecule has 0 aliphatic heterocycles. The zero-order valence-corrected chi connectivity index (χ0v) is 12.1. The number of amides is 1. The minimum atomic E-state index is -0.988. The molecule has 1 N–H and O–H groups in total. The Kier molecular flexibility index (Phi) is 11.4. The number of hydrogen-bond donors (Lipinski definition) is 1. The van der Waals surface area contributed by atoms with Gasteiger partial charge in [0.15, 0.2) is 0 Å². The molecule has 0 bridgehead atoms. The minimum absolute atomic E-state index is 0.00662. The maximum atomic E-state index is 11.3. The fourth-order valence-electron chi connectivity index (χ4n) is 1.45. The van der Waals surface area contributed by atoms with Crippen molar-refractivity contribution in [3.05, 3.63) is 0 Å². The zero-order chi connectivity index (χ0) is 15.2. The average molecular weight is 289 g/mol. The summed E-state index contributed by atoms with van der Waals surface area (Å²) in [6, 6.07) is 0. The molecule has 0 spiro atoms. The zero-order valence-electron chi connectivity index (χ0n) is 12.1. The van der Waals surface area contributed by atoms with Crippen LogP contribution in [0.3, 0.4) is 0 Å². The highest BCUT2D eigenvalue weighted by Crippen LogP contribution is 2.01. The Bertz CT molecular complexity index is 305. The van der Waals surface area contributed by atoms with Gasteiger partial charge in [0.1, 0.15) is 0 Å². The first-order valence-electron chi connectivity index (χ1n) is 6.64. The van der Waals surface area contributed by atoms with Gasteiger partial charge < -0.3 is 19.5 Å². The number of rotatable bonds is 10. The van der Waals surface area contributed by atoms with Gasteiger partial charge in [-0.15, -0.1) is 0 Å². The second-order valence-corrected chi connectivity index (χ2v) is 4.19. The van der Waals surface area contributed by atoms with Gasteiger partial charge >= 0.3 is 12.1 Å². The number of hydrogen-bond acceptors (Lipinski definition) is 6. The van der Waals surface area contributed by atoms with Crippen LogP contribution in [0.2, 0.25) is 0 Å². The van der Waals surface area contributed by atoms with E-state index in [1.165, 1.54) is 0 Å². The second-order valence-electron chi connectivity index (χ2n) is 4.19. The molecular formula is C13H23NO6. The van der Waals surface area contributed by atoms with Crippen LogP contribution in [0.4, 0.5) is 4.79 Å². The van der Waals surface area contributed by atoms with Gasteiger partial charge in [0.25, 0.3) is 0 Å². The van der Waals surface area contributed by atoms with Crippen LogP contribution >= 0.6 is 0 Å². The Morgan fingerprint density at radius 2 is 1.70 bits per heavy atom. The molecular weight excluding hydrogens is 266 g/mol. The molecule has 116 valence electrons. The third kappa shape index (κ3) is 11.5. The normalized spacial score (nSPS) is 9.90. The van der Waals surface area contributed by atoms with Crippen LogP contribution < -0.4 is 5.32 Å². The highest BCUT2D eigenvalue weighted by Gasteiger charge is 2.09. The van der Waals surface area contributed by atoms with E-state index >= 15 is 0 Å². The first kappa shape index (κ1) is 18.4. The summed E-state index contributed by atoms with van der Waals surface area (Å²) in [4.78, 5) is 33.0. The molecule has 1 amide bonds. The van der Waals surface area contributed by atoms with Crippen molar-refractivity contribution in [1.29, 1.82) is 0 Å². The lowest BCUT2D eigenvalue weighted by molar-refractivity contribution is -0.139. The summed E-state index contributed by atoms with van der Waals surface area (Å²) < 4.78 is 13.4. The summed E-state index contributed by atoms with van der Waals surface area (Å²) >= 11 is 0. The predicted octanol–water partition coefficient (Wildman–Crippen LogP) is 1.40. The third-order valence-corrected chi connectivity index (χ3v) is 2.50. The Labute approximate surface area is 118 Å². The lowest BCUT2D eigenvalue weighted by atomic mass is 10.2. The number of carbonyl (C=O) groups is 3. The van der Waals surface area contributed by atoms with E-state index in [-0.39, 0.29) is 12.3 Å². The minimum Gasteiger partial charge on any atom is -0.437 e. The molecule has 0 aliphatic carbocycles. The van der Waals surface area contributed by atoms with Gasteiger partial charge in [-0.3, -0.25) is 9.59 Å². The molecule has 0 aromatic heterocycles. The highest BCUT2D eigenvalue weighted by molar-refractivity contribution is 5.81. The van der Waals surface area contributed by atoms with Crippen LogP contribution in [0.5, 0.6) is 0 Å². The van der Waals surface area contributed by atoms with Gasteiger partial charge in [0.2, 0.25) is 5.91 Å². The summed E-state index contributed by atoms with van der Waals surface area (Å²) in [5.74, 6) is -0.590. The number of methoxy groups -OCH3 is 2. The molecule has 0 rings (SSSR count). The van der Waals surface area contributed by atoms with E-state index in [1.54, 1.807) is 7.11 Å². The maximum absolute atomic E-state index is 11.3. The standard InChI is InChI=1S/C13H23NO6/c1-18-10-6-7-11(15)14-9-5-3-4-8-12(16)20-13(17)19-2/h3-10H2,1-2H3,(H,14,15). The monoisotopic (exact) mass is 289 g/mol. The maximum Gasteiger partial charge on any atom is 0.515 e. The Morgan fingerprint density at radius 1 is 0.950 bits per heavy atom. The Morgan fingerprint density at radius 3 is 2.35 bits per heavy atom. The van der Waals surface area contributed by atoms with Crippen LogP contribution in [0.15, 0.2) is 0 Å². The number of esters is 1. The van der Waals surface area contributed by atoms with Crippen molar-refractivity contribution in [1.82, 2.24) is 5.32 Å². The highest BCUT2D eigenvalue weighted by atomic mass is 16.7. The topological polar surface area (TPSA) is 90.9 Å². The molecule has 7 heteroatoms. The fourth-order valence-corrected chi connectivity index (χ4v) is 1.45. The number of nitrogens with one attached hydrogen (secondary N) is 1. The van der Waals surface area contributed by atoms with Crippen LogP contribution in [0.25, 0.3) is 0 Å². The molecule has 0 fully saturated rings. The SMILES string of the molecule is COCCCC(=O)NCCCCCC(=O)OC(=O)OC. The lowest BCUT2D eigenvalue weighted by Crippen LogP contribution is -2.24. The molecule has 0 saturated carbocycles. The Balaban J connectivity index is 3.37. The van der Waals surface area contributed by atoms with Crippen molar-refractivity contribution in [2.24, 2.45) is 0 Å². The average Bonchev–Trinajstić information content (AvgIpc) is 2.42. The first-order chi connectivity index (χ1) is 9.60. The number of unbranched alkanes of at least 4 members (excludes halogenated alkanes) is 2. The molecule has 0 aromatic rings. The van der Waals surface area contributed by atoms with Crippen molar-refractivity contribution in [2.75, 3.05) is 27.4 Å². The first-order valence-corrected chi connectivity index (χ1v) is 6.64. The molecule has 0 aromatic carbocycles. The number of ether oxygens (including phenoxy) is 3. The van der Waals surface area contributed by atoms with Crippen molar-refractivity contribution < 1.29 is 28.6 Å². The van der Waals surface area contributed by atoms with Crippen molar-refractivity contribution in [3.8, 4) is 0 Å². The van der Waals surface area contributed by atoms with E-state index in [1.807, 2.05) is 0 Å². The lowest BCUT2D eigenvalue weighted by Gasteiger charge is -2.05. The molecule has 0 atom stereocenters. The molecule has 0 aliphatic rings. The van der Waals surface area contributed by atoms with Gasteiger partial charge in [0, 0.05) is 33.1 Å². The number of carbonyl (C=O) groups excluding carboxylic acids is 3. The molecule has 20 heavy (non-hydrogen) atoms. The summed E-state index contributed by atoms with van der Waals surface area (Å²) in [6.45, 7) is 1.16. The molecule has 0 heterocycles. The molecule has 7 nitrogen and oxygen atoms in total. The fraction of sp³-hybridized carbons (Fsp3) is 0.769. The van der Waals surface area contributed by atoms with Gasteiger partial charge in [-0.1, -0.05) is 6.42 Å². The second kappa shape index (κ2) is 12.4. The van der Waals surface area contributed by atoms with E-state index in [0.717, 1.165) is 20.0 Å². The van der Waals surface area contributed by atoms with E-state index < -0.39 is 12.1 Å². The van der Waals surface area contributed by atoms with Crippen molar-refractivity contribution in [2.45, 2.75) is 38.5 Å². The van der Waals surface area contributed by atoms with Gasteiger partial charge in [-0.05, 0) is 19.3 Å². The van der Waals surface area contributed by atoms with Crippen molar-refractivity contribution >= 4 is 18.0 Å². The smallest absolute Gasteiger partial charge is 0.437 e. The van der Waals surface area contributed by atoms with Gasteiger partial charge in [0.05, 0.1) is 7.11 Å². The van der Waals surface area contributed by atoms with Crippen LogP contribution in [-0.2, 0) is 23.8 Å². The Hall–Kier alpha value is -1.63. The van der Waals surface area contributed by atoms with Crippen LogP contribution in [-0.4, -0.2) is 45.4 Å². The van der Waals surface area contributed by atoms with E-state index in [2.05, 4.69) is 14.8 Å². The van der Waals surface area contributed by atoms with Crippen molar-refractivity contribution in [3.63, 3.8) is 0 Å². The van der Waals surface area contributed by atoms with Crippen LogP contribution in [0, 0.1) is 0 Å². The van der Waals surface area contributed by atoms with E-state index in [9.17, 15) is 14.4 Å².